The number of aryl methyl sites for hydroxylation is 1. The summed E-state index contributed by atoms with van der Waals surface area (Å²) >= 11 is 0. The van der Waals surface area contributed by atoms with Crippen LogP contribution in [0.5, 0.6) is 0 Å². The van der Waals surface area contributed by atoms with Gasteiger partial charge in [0.05, 0.1) is 34.6 Å². The zero-order chi connectivity index (χ0) is 20.0. The van der Waals surface area contributed by atoms with Crippen LogP contribution < -0.4 is 5.01 Å². The van der Waals surface area contributed by atoms with Gasteiger partial charge >= 0.3 is 5.97 Å². The second-order valence-electron chi connectivity index (χ2n) is 8.35. The molecular formula is C24H23N3O2. The normalized spacial score (nSPS) is 23.3. The number of nitriles is 1. The van der Waals surface area contributed by atoms with E-state index in [1.54, 1.807) is 6.07 Å². The number of carboxylic acids is 1. The number of carbonyl (C=O) groups is 1. The van der Waals surface area contributed by atoms with E-state index in [1.807, 2.05) is 36.4 Å². The molecular weight excluding hydrogens is 362 g/mol. The lowest BCUT2D eigenvalue weighted by Gasteiger charge is -2.34. The largest absolute Gasteiger partial charge is 0.478 e. The molecule has 0 spiro atoms. The molecule has 3 aliphatic rings. The first-order chi connectivity index (χ1) is 14.2. The number of hydrogen-bond donors (Lipinski definition) is 1. The fourth-order valence-electron chi connectivity index (χ4n) is 5.39. The van der Waals surface area contributed by atoms with Crippen molar-refractivity contribution in [3.05, 3.63) is 64.7 Å². The summed E-state index contributed by atoms with van der Waals surface area (Å²) in [5, 5.41) is 25.7. The highest BCUT2D eigenvalue weighted by Crippen LogP contribution is 2.44. The summed E-state index contributed by atoms with van der Waals surface area (Å²) in [4.78, 5) is 11.4. The molecule has 5 rings (SSSR count). The molecule has 0 saturated heterocycles. The molecule has 0 aromatic heterocycles. The monoisotopic (exact) mass is 385 g/mol. The smallest absolute Gasteiger partial charge is 0.335 e. The lowest BCUT2D eigenvalue weighted by atomic mass is 9.75. The fourth-order valence-corrected chi connectivity index (χ4v) is 5.39. The van der Waals surface area contributed by atoms with Crippen LogP contribution in [0.15, 0.2) is 47.6 Å². The van der Waals surface area contributed by atoms with E-state index in [-0.39, 0.29) is 0 Å². The topological polar surface area (TPSA) is 76.7 Å². The van der Waals surface area contributed by atoms with Gasteiger partial charge in [-0.3, -0.25) is 5.01 Å². The van der Waals surface area contributed by atoms with Crippen LogP contribution in [0.3, 0.4) is 0 Å². The minimum atomic E-state index is -0.883. The van der Waals surface area contributed by atoms with Crippen molar-refractivity contribution in [1.82, 2.24) is 0 Å². The molecule has 0 amide bonds. The molecule has 1 N–H and O–H groups in total. The molecule has 2 atom stereocenters. The van der Waals surface area contributed by atoms with Crippen LogP contribution in [0, 0.1) is 23.2 Å². The maximum Gasteiger partial charge on any atom is 0.335 e. The van der Waals surface area contributed by atoms with E-state index in [4.69, 9.17) is 10.4 Å². The van der Waals surface area contributed by atoms with E-state index in [0.29, 0.717) is 29.0 Å². The van der Waals surface area contributed by atoms with Gasteiger partial charge in [0.25, 0.3) is 0 Å². The molecule has 29 heavy (non-hydrogen) atoms. The Labute approximate surface area is 170 Å². The number of nitrogens with zero attached hydrogens (tertiary/aromatic N) is 3. The third-order valence-electron chi connectivity index (χ3n) is 6.76. The summed E-state index contributed by atoms with van der Waals surface area (Å²) < 4.78 is 0. The number of hydrogen-bond acceptors (Lipinski definition) is 4. The fraction of sp³-hybridized carbons (Fsp3) is 0.375. The van der Waals surface area contributed by atoms with Crippen molar-refractivity contribution in [3.63, 3.8) is 0 Å². The molecule has 1 saturated carbocycles. The Morgan fingerprint density at radius 2 is 1.86 bits per heavy atom. The molecule has 2 aromatic rings. The van der Waals surface area contributed by atoms with E-state index < -0.39 is 5.97 Å². The molecule has 1 fully saturated rings. The molecule has 2 aromatic carbocycles. The van der Waals surface area contributed by atoms with Gasteiger partial charge in [0.1, 0.15) is 0 Å². The summed E-state index contributed by atoms with van der Waals surface area (Å²) in [6, 6.07) is 15.7. The molecule has 146 valence electrons. The zero-order valence-corrected chi connectivity index (χ0v) is 16.2. The number of aromatic carboxylic acids is 1. The summed E-state index contributed by atoms with van der Waals surface area (Å²) in [6.07, 6.45) is 6.93. The predicted molar refractivity (Wildman–Crippen MR) is 111 cm³/mol. The standard InChI is InChI=1S/C24H23N3O2/c25-14-15-5-9-19(10-6-15)27-23(16-3-1-2-4-16)21-12-7-17-13-18(24(28)29)8-11-20(17)22(21)26-27/h5-6,8-11,13,16,21,23H,1-4,7,12H2,(H,28,29)/t21-,23-/m1/s1. The first kappa shape index (κ1) is 17.9. The van der Waals surface area contributed by atoms with E-state index in [0.717, 1.165) is 35.4 Å². The van der Waals surface area contributed by atoms with Gasteiger partial charge in [-0.1, -0.05) is 18.9 Å². The first-order valence-electron chi connectivity index (χ1n) is 10.4. The van der Waals surface area contributed by atoms with Crippen LogP contribution in [0.2, 0.25) is 0 Å². The quantitative estimate of drug-likeness (QED) is 0.837. The highest BCUT2D eigenvalue weighted by Gasteiger charge is 2.45. The SMILES string of the molecule is N#Cc1ccc(N2N=C3c4ccc(C(=O)O)cc4CC[C@H]3[C@H]2C2CCCC2)cc1. The summed E-state index contributed by atoms with van der Waals surface area (Å²) in [7, 11) is 0. The van der Waals surface area contributed by atoms with E-state index in [1.165, 1.54) is 25.7 Å². The maximum absolute atomic E-state index is 11.4. The predicted octanol–water partition coefficient (Wildman–Crippen LogP) is 4.60. The van der Waals surface area contributed by atoms with Crippen molar-refractivity contribution in [1.29, 1.82) is 5.26 Å². The number of rotatable bonds is 3. The van der Waals surface area contributed by atoms with Crippen molar-refractivity contribution in [3.8, 4) is 6.07 Å². The van der Waals surface area contributed by atoms with Crippen LogP contribution in [-0.4, -0.2) is 22.8 Å². The van der Waals surface area contributed by atoms with Crippen LogP contribution >= 0.6 is 0 Å². The van der Waals surface area contributed by atoms with Gasteiger partial charge < -0.3 is 5.11 Å². The van der Waals surface area contributed by atoms with Crippen molar-refractivity contribution < 1.29 is 9.90 Å². The van der Waals surface area contributed by atoms with Crippen LogP contribution in [-0.2, 0) is 6.42 Å². The molecule has 1 aliphatic heterocycles. The molecule has 1 heterocycles. The van der Waals surface area contributed by atoms with Gasteiger partial charge in [-0.15, -0.1) is 0 Å². The van der Waals surface area contributed by atoms with Crippen molar-refractivity contribution >= 4 is 17.4 Å². The number of hydrazone groups is 1. The number of anilines is 1. The van der Waals surface area contributed by atoms with Crippen LogP contribution in [0.1, 0.15) is 59.2 Å². The van der Waals surface area contributed by atoms with Gasteiger partial charge in [-0.25, -0.2) is 4.79 Å². The average Bonchev–Trinajstić information content (AvgIpc) is 3.40. The minimum absolute atomic E-state index is 0.340. The Morgan fingerprint density at radius 3 is 2.55 bits per heavy atom. The lowest BCUT2D eigenvalue weighted by Crippen LogP contribution is -2.40. The van der Waals surface area contributed by atoms with Crippen LogP contribution in [0.25, 0.3) is 0 Å². The van der Waals surface area contributed by atoms with Gasteiger partial charge in [-0.2, -0.15) is 10.4 Å². The highest BCUT2D eigenvalue weighted by molar-refractivity contribution is 6.07. The molecule has 0 bridgehead atoms. The van der Waals surface area contributed by atoms with Crippen molar-refractivity contribution in [2.24, 2.45) is 16.9 Å². The van der Waals surface area contributed by atoms with Gasteiger partial charge in [0.2, 0.25) is 0 Å². The van der Waals surface area contributed by atoms with Crippen molar-refractivity contribution in [2.45, 2.75) is 44.6 Å². The summed E-state index contributed by atoms with van der Waals surface area (Å²) in [6.45, 7) is 0. The Bertz CT molecular complexity index is 1030. The van der Waals surface area contributed by atoms with Crippen LogP contribution in [0.4, 0.5) is 5.69 Å². The van der Waals surface area contributed by atoms with E-state index in [9.17, 15) is 9.90 Å². The highest BCUT2D eigenvalue weighted by atomic mass is 16.4. The second-order valence-corrected chi connectivity index (χ2v) is 8.35. The molecule has 5 nitrogen and oxygen atoms in total. The second kappa shape index (κ2) is 7.04. The lowest BCUT2D eigenvalue weighted by molar-refractivity contribution is 0.0696. The molecule has 0 unspecified atom stereocenters. The molecule has 0 radical (unpaired) electrons. The summed E-state index contributed by atoms with van der Waals surface area (Å²) in [5.74, 6) is 0.111. The number of benzene rings is 2. The Kier molecular flexibility index (Phi) is 4.35. The minimum Gasteiger partial charge on any atom is -0.478 e. The Hall–Kier alpha value is -3.13. The Morgan fingerprint density at radius 1 is 1.10 bits per heavy atom. The zero-order valence-electron chi connectivity index (χ0n) is 16.2. The van der Waals surface area contributed by atoms with Gasteiger partial charge in [0, 0.05) is 11.5 Å². The summed E-state index contributed by atoms with van der Waals surface area (Å²) in [5.41, 5.74) is 5.33. The van der Waals surface area contributed by atoms with E-state index >= 15 is 0 Å². The van der Waals surface area contributed by atoms with Crippen molar-refractivity contribution in [2.75, 3.05) is 5.01 Å². The third kappa shape index (κ3) is 3.00. The number of fused-ring (bicyclic) bond motifs is 3. The van der Waals surface area contributed by atoms with Gasteiger partial charge in [0.15, 0.2) is 0 Å². The third-order valence-corrected chi connectivity index (χ3v) is 6.76. The first-order valence-corrected chi connectivity index (χ1v) is 10.4. The molecule has 2 aliphatic carbocycles. The number of carboxylic acid groups (broad SMARTS) is 1. The van der Waals surface area contributed by atoms with Gasteiger partial charge in [-0.05, 0) is 73.6 Å². The molecule has 5 heteroatoms. The van der Waals surface area contributed by atoms with E-state index in [2.05, 4.69) is 11.1 Å². The maximum atomic E-state index is 11.4. The Balaban J connectivity index is 1.57. The average molecular weight is 385 g/mol.